The first-order valence-corrected chi connectivity index (χ1v) is 9.48. The van der Waals surface area contributed by atoms with E-state index >= 15 is 0 Å². The predicted octanol–water partition coefficient (Wildman–Crippen LogP) is -2.24. The van der Waals surface area contributed by atoms with E-state index in [0.29, 0.717) is 51.6 Å². The van der Waals surface area contributed by atoms with Crippen LogP contribution in [0.4, 0.5) is 0 Å². The number of amides is 3. The summed E-state index contributed by atoms with van der Waals surface area (Å²) in [5.41, 5.74) is 16.5. The number of hydrogen-bond acceptors (Lipinski definition) is 7. The summed E-state index contributed by atoms with van der Waals surface area (Å²) in [4.78, 5) is 47.5. The number of aliphatic carboxylic acids is 1. The Morgan fingerprint density at radius 3 is 1.71 bits per heavy atom. The first-order valence-electron chi connectivity index (χ1n) is 9.48. The molecule has 0 aromatic heterocycles. The summed E-state index contributed by atoms with van der Waals surface area (Å²) < 4.78 is 0. The van der Waals surface area contributed by atoms with E-state index in [9.17, 15) is 19.2 Å². The minimum absolute atomic E-state index is 0.297. The highest BCUT2D eigenvalue weighted by molar-refractivity contribution is 5.93. The largest absolute Gasteiger partial charge is 0.480 e. The third kappa shape index (κ3) is 11.5. The van der Waals surface area contributed by atoms with Crippen molar-refractivity contribution in [2.75, 3.05) is 19.6 Å². The van der Waals surface area contributed by atoms with Crippen LogP contribution in [0.3, 0.4) is 0 Å². The van der Waals surface area contributed by atoms with Gasteiger partial charge in [0.05, 0.1) is 6.04 Å². The third-order valence-corrected chi connectivity index (χ3v) is 3.99. The van der Waals surface area contributed by atoms with Gasteiger partial charge in [-0.3, -0.25) is 19.2 Å². The van der Waals surface area contributed by atoms with Crippen LogP contribution >= 0.6 is 0 Å². The van der Waals surface area contributed by atoms with E-state index in [1.165, 1.54) is 6.92 Å². The SMILES string of the molecule is CC(N)C(=O)NC(CCCCN)C(=O)NC(CCCCN)C(=O)NCC(=O)O. The van der Waals surface area contributed by atoms with Crippen molar-refractivity contribution >= 4 is 23.7 Å². The zero-order valence-corrected chi connectivity index (χ0v) is 16.4. The summed E-state index contributed by atoms with van der Waals surface area (Å²) in [5, 5.41) is 16.1. The Balaban J connectivity index is 5.08. The lowest BCUT2D eigenvalue weighted by atomic mass is 10.1. The maximum atomic E-state index is 12.7. The second-order valence-electron chi connectivity index (χ2n) is 6.59. The first kappa shape index (κ1) is 25.8. The van der Waals surface area contributed by atoms with Gasteiger partial charge in [0, 0.05) is 0 Å². The summed E-state index contributed by atoms with van der Waals surface area (Å²) in [5.74, 6) is -2.81. The zero-order valence-electron chi connectivity index (χ0n) is 16.4. The molecule has 28 heavy (non-hydrogen) atoms. The van der Waals surface area contributed by atoms with E-state index in [1.807, 2.05) is 0 Å². The van der Waals surface area contributed by atoms with E-state index < -0.39 is 48.4 Å². The van der Waals surface area contributed by atoms with Crippen molar-refractivity contribution in [1.29, 1.82) is 0 Å². The number of carboxylic acids is 1. The molecule has 0 aliphatic rings. The number of nitrogens with two attached hydrogens (primary N) is 3. The van der Waals surface area contributed by atoms with Gasteiger partial charge in [-0.2, -0.15) is 0 Å². The Hall–Kier alpha value is -2.24. The van der Waals surface area contributed by atoms with E-state index in [4.69, 9.17) is 22.3 Å². The van der Waals surface area contributed by atoms with E-state index in [0.717, 1.165) is 0 Å². The molecule has 3 atom stereocenters. The van der Waals surface area contributed by atoms with Crippen molar-refractivity contribution in [3.8, 4) is 0 Å². The standard InChI is InChI=1S/C17H34N6O5/c1-11(20)15(26)22-13(7-3-5-9-19)17(28)23-12(6-2-4-8-18)16(27)21-10-14(24)25/h11-13H,2-10,18-20H2,1H3,(H,21,27)(H,22,26)(H,23,28)(H,24,25). The molecule has 0 fully saturated rings. The monoisotopic (exact) mass is 402 g/mol. The quantitative estimate of drug-likeness (QED) is 0.149. The number of unbranched alkanes of at least 4 members (excludes halogenated alkanes) is 2. The Morgan fingerprint density at radius 2 is 1.29 bits per heavy atom. The lowest BCUT2D eigenvalue weighted by Crippen LogP contribution is -2.55. The van der Waals surface area contributed by atoms with E-state index in [2.05, 4.69) is 16.0 Å². The fourth-order valence-corrected chi connectivity index (χ4v) is 2.38. The summed E-state index contributed by atoms with van der Waals surface area (Å²) in [7, 11) is 0. The van der Waals surface area contributed by atoms with Gasteiger partial charge in [-0.25, -0.2) is 0 Å². The molecule has 3 amide bonds. The van der Waals surface area contributed by atoms with Gasteiger partial charge in [0.2, 0.25) is 17.7 Å². The molecule has 162 valence electrons. The van der Waals surface area contributed by atoms with Crippen molar-refractivity contribution in [3.63, 3.8) is 0 Å². The van der Waals surface area contributed by atoms with Crippen LogP contribution in [0.2, 0.25) is 0 Å². The molecule has 11 heteroatoms. The molecule has 0 aromatic rings. The number of rotatable bonds is 15. The summed E-state index contributed by atoms with van der Waals surface area (Å²) in [6, 6.07) is -2.58. The lowest BCUT2D eigenvalue weighted by molar-refractivity contribution is -0.138. The van der Waals surface area contributed by atoms with Crippen LogP contribution in [0.15, 0.2) is 0 Å². The smallest absolute Gasteiger partial charge is 0.322 e. The van der Waals surface area contributed by atoms with Crippen LogP contribution in [0.5, 0.6) is 0 Å². The van der Waals surface area contributed by atoms with Gasteiger partial charge in [-0.1, -0.05) is 0 Å². The van der Waals surface area contributed by atoms with Crippen LogP contribution in [-0.2, 0) is 19.2 Å². The van der Waals surface area contributed by atoms with Crippen LogP contribution in [0.1, 0.15) is 45.4 Å². The van der Waals surface area contributed by atoms with Crippen LogP contribution in [-0.4, -0.2) is 66.6 Å². The van der Waals surface area contributed by atoms with Gasteiger partial charge >= 0.3 is 5.97 Å². The van der Waals surface area contributed by atoms with Crippen molar-refractivity contribution in [2.24, 2.45) is 17.2 Å². The number of hydrogen-bond donors (Lipinski definition) is 7. The highest BCUT2D eigenvalue weighted by Crippen LogP contribution is 2.05. The van der Waals surface area contributed by atoms with Gasteiger partial charge in [-0.05, 0) is 58.5 Å². The van der Waals surface area contributed by atoms with Gasteiger partial charge in [-0.15, -0.1) is 0 Å². The average molecular weight is 402 g/mol. The third-order valence-electron chi connectivity index (χ3n) is 3.99. The van der Waals surface area contributed by atoms with Gasteiger partial charge in [0.15, 0.2) is 0 Å². The molecule has 0 aliphatic carbocycles. The molecule has 0 radical (unpaired) electrons. The lowest BCUT2D eigenvalue weighted by Gasteiger charge is -2.23. The maximum Gasteiger partial charge on any atom is 0.322 e. The summed E-state index contributed by atoms with van der Waals surface area (Å²) in [6.45, 7) is 1.83. The van der Waals surface area contributed by atoms with Crippen LogP contribution < -0.4 is 33.2 Å². The Bertz CT molecular complexity index is 514. The molecular weight excluding hydrogens is 368 g/mol. The van der Waals surface area contributed by atoms with Crippen molar-refractivity contribution < 1.29 is 24.3 Å². The molecule has 11 nitrogen and oxygen atoms in total. The Morgan fingerprint density at radius 1 is 0.821 bits per heavy atom. The average Bonchev–Trinajstić information content (AvgIpc) is 2.64. The number of carbonyl (C=O) groups excluding carboxylic acids is 3. The minimum atomic E-state index is -1.19. The minimum Gasteiger partial charge on any atom is -0.480 e. The van der Waals surface area contributed by atoms with Gasteiger partial charge in [0.1, 0.15) is 18.6 Å². The highest BCUT2D eigenvalue weighted by Gasteiger charge is 2.27. The molecule has 0 saturated carbocycles. The molecule has 3 unspecified atom stereocenters. The summed E-state index contributed by atoms with van der Waals surface area (Å²) in [6.07, 6.45) is 3.15. The van der Waals surface area contributed by atoms with Crippen molar-refractivity contribution in [2.45, 2.75) is 63.6 Å². The van der Waals surface area contributed by atoms with Crippen LogP contribution in [0.25, 0.3) is 0 Å². The predicted molar refractivity (Wildman–Crippen MR) is 104 cm³/mol. The Labute approximate surface area is 165 Å². The molecule has 0 rings (SSSR count). The first-order chi connectivity index (χ1) is 13.2. The molecule has 0 aromatic carbocycles. The van der Waals surface area contributed by atoms with Gasteiger partial charge < -0.3 is 38.3 Å². The number of carboxylic acid groups (broad SMARTS) is 1. The van der Waals surface area contributed by atoms with Crippen LogP contribution in [0, 0.1) is 0 Å². The number of carbonyl (C=O) groups is 4. The molecule has 0 saturated heterocycles. The Kier molecular flexibility index (Phi) is 13.6. The van der Waals surface area contributed by atoms with Crippen molar-refractivity contribution in [3.05, 3.63) is 0 Å². The zero-order chi connectivity index (χ0) is 21.5. The van der Waals surface area contributed by atoms with Gasteiger partial charge in [0.25, 0.3) is 0 Å². The molecule has 10 N–H and O–H groups in total. The number of nitrogens with one attached hydrogen (secondary N) is 3. The van der Waals surface area contributed by atoms with E-state index in [1.54, 1.807) is 0 Å². The summed E-state index contributed by atoms with van der Waals surface area (Å²) >= 11 is 0. The second-order valence-corrected chi connectivity index (χ2v) is 6.59. The van der Waals surface area contributed by atoms with E-state index in [-0.39, 0.29) is 0 Å². The maximum absolute atomic E-state index is 12.7. The molecular formula is C17H34N6O5. The molecule has 0 heterocycles. The molecule has 0 bridgehead atoms. The molecule has 0 spiro atoms. The second kappa shape index (κ2) is 14.8. The highest BCUT2D eigenvalue weighted by atomic mass is 16.4. The fourth-order valence-electron chi connectivity index (χ4n) is 2.38. The van der Waals surface area contributed by atoms with Crippen molar-refractivity contribution in [1.82, 2.24) is 16.0 Å². The molecule has 0 aliphatic heterocycles. The topological polar surface area (TPSA) is 203 Å². The fraction of sp³-hybridized carbons (Fsp3) is 0.765. The normalized spacial score (nSPS) is 13.9.